The number of hydrogen-bond donors (Lipinski definition) is 2. The molecule has 6 heteroatoms. The second-order valence-electron chi connectivity index (χ2n) is 6.46. The van der Waals surface area contributed by atoms with Crippen molar-refractivity contribution >= 4 is 23.2 Å². The molecule has 6 nitrogen and oxygen atoms in total. The van der Waals surface area contributed by atoms with E-state index in [1.165, 1.54) is 32.6 Å². The average Bonchev–Trinajstić information content (AvgIpc) is 2.83. The molecule has 0 aromatic heterocycles. The van der Waals surface area contributed by atoms with E-state index in [9.17, 15) is 9.59 Å². The van der Waals surface area contributed by atoms with Crippen molar-refractivity contribution in [3.05, 3.63) is 29.8 Å². The van der Waals surface area contributed by atoms with E-state index in [2.05, 4.69) is 15.8 Å². The first kappa shape index (κ1) is 19.0. The van der Waals surface area contributed by atoms with Crippen LogP contribution in [0.25, 0.3) is 0 Å². The van der Waals surface area contributed by atoms with E-state index in [4.69, 9.17) is 4.84 Å². The number of nitrogens with one attached hydrogen (secondary N) is 2. The molecule has 0 bridgehead atoms. The van der Waals surface area contributed by atoms with Crippen molar-refractivity contribution in [2.45, 2.75) is 58.4 Å². The van der Waals surface area contributed by atoms with E-state index in [1.54, 1.807) is 12.1 Å². The smallest absolute Gasteiger partial charge is 0.260 e. The molecule has 0 saturated heterocycles. The summed E-state index contributed by atoms with van der Waals surface area (Å²) in [6, 6.07) is 7.56. The zero-order valence-corrected chi connectivity index (χ0v) is 15.0. The van der Waals surface area contributed by atoms with Gasteiger partial charge in [0.2, 0.25) is 5.91 Å². The first-order chi connectivity index (χ1) is 12.0. The Kier molecular flexibility index (Phi) is 7.44. The number of carbonyl (C=O) groups is 2. The maximum Gasteiger partial charge on any atom is 0.260 e. The predicted molar refractivity (Wildman–Crippen MR) is 98.5 cm³/mol. The van der Waals surface area contributed by atoms with Gasteiger partial charge < -0.3 is 15.5 Å². The molecule has 2 N–H and O–H groups in total. The van der Waals surface area contributed by atoms with Gasteiger partial charge in [-0.1, -0.05) is 43.0 Å². The highest BCUT2D eigenvalue weighted by Gasteiger charge is 2.14. The number of hydrogen-bond acceptors (Lipinski definition) is 4. The minimum atomic E-state index is -0.121. The molecule has 0 spiro atoms. The third kappa shape index (κ3) is 6.95. The molecule has 136 valence electrons. The maximum atomic E-state index is 11.9. The van der Waals surface area contributed by atoms with Crippen LogP contribution in [-0.2, 0) is 14.4 Å². The topological polar surface area (TPSA) is 79.8 Å². The van der Waals surface area contributed by atoms with Gasteiger partial charge in [-0.3, -0.25) is 9.59 Å². The minimum Gasteiger partial charge on any atom is -0.385 e. The van der Waals surface area contributed by atoms with Crippen LogP contribution in [0.4, 0.5) is 5.69 Å². The zero-order valence-electron chi connectivity index (χ0n) is 15.0. The summed E-state index contributed by atoms with van der Waals surface area (Å²) in [4.78, 5) is 28.1. The third-order valence-electron chi connectivity index (χ3n) is 4.24. The lowest BCUT2D eigenvalue weighted by Crippen LogP contribution is -2.36. The second-order valence-corrected chi connectivity index (χ2v) is 6.46. The van der Waals surface area contributed by atoms with Gasteiger partial charge in [0.15, 0.2) is 6.61 Å². The van der Waals surface area contributed by atoms with Crippen LogP contribution in [0, 0.1) is 0 Å². The van der Waals surface area contributed by atoms with Gasteiger partial charge in [0.05, 0.1) is 5.71 Å². The molecule has 0 aliphatic heterocycles. The van der Waals surface area contributed by atoms with Gasteiger partial charge in [0.1, 0.15) is 0 Å². The third-order valence-corrected chi connectivity index (χ3v) is 4.24. The molecule has 2 rings (SSSR count). The highest BCUT2D eigenvalue weighted by atomic mass is 16.6. The summed E-state index contributed by atoms with van der Waals surface area (Å²) in [7, 11) is 0. The Hall–Kier alpha value is -2.37. The van der Waals surface area contributed by atoms with Crippen molar-refractivity contribution in [3.8, 4) is 0 Å². The lowest BCUT2D eigenvalue weighted by atomic mass is 10.1. The number of carbonyl (C=O) groups excluding carboxylic acids is 2. The molecule has 1 aliphatic rings. The zero-order chi connectivity index (χ0) is 18.1. The Balaban J connectivity index is 1.78. The number of rotatable bonds is 6. The quantitative estimate of drug-likeness (QED) is 0.472. The Morgan fingerprint density at radius 2 is 1.72 bits per heavy atom. The molecule has 2 amide bonds. The molecule has 25 heavy (non-hydrogen) atoms. The van der Waals surface area contributed by atoms with E-state index in [-0.39, 0.29) is 24.5 Å². The minimum absolute atomic E-state index is 0.0716. The van der Waals surface area contributed by atoms with Crippen molar-refractivity contribution in [2.24, 2.45) is 5.16 Å². The summed E-state index contributed by atoms with van der Waals surface area (Å²) in [5.41, 5.74) is 2.28. The van der Waals surface area contributed by atoms with Crippen LogP contribution in [-0.4, -0.2) is 30.2 Å². The maximum absolute atomic E-state index is 11.9. The van der Waals surface area contributed by atoms with Gasteiger partial charge >= 0.3 is 0 Å². The molecule has 1 aliphatic carbocycles. The Labute approximate surface area is 149 Å². The molecule has 1 fully saturated rings. The van der Waals surface area contributed by atoms with Gasteiger partial charge in [0, 0.05) is 18.7 Å². The molecule has 0 unspecified atom stereocenters. The summed E-state index contributed by atoms with van der Waals surface area (Å²) in [6.07, 6.45) is 6.97. The molecular formula is C19H27N3O3. The van der Waals surface area contributed by atoms with Gasteiger partial charge in [-0.05, 0) is 37.5 Å². The molecule has 1 aromatic rings. The van der Waals surface area contributed by atoms with E-state index in [0.29, 0.717) is 5.71 Å². The second kappa shape index (κ2) is 9.81. The fraction of sp³-hybridized carbons (Fsp3) is 0.526. The van der Waals surface area contributed by atoms with Gasteiger partial charge in [0.25, 0.3) is 5.91 Å². The van der Waals surface area contributed by atoms with Crippen molar-refractivity contribution in [1.82, 2.24) is 5.32 Å². The van der Waals surface area contributed by atoms with E-state index >= 15 is 0 Å². The number of amides is 2. The van der Waals surface area contributed by atoms with Crippen LogP contribution in [0.15, 0.2) is 29.4 Å². The standard InChI is InChI=1S/C19H27N3O3/c1-14(16-9-11-18(12-10-16)20-15(2)23)22-25-13-19(24)21-17-7-5-3-4-6-8-17/h9-12,17H,3-8,13H2,1-2H3,(H,20,23)(H,21,24)/b22-14+. The van der Waals surface area contributed by atoms with Crippen molar-refractivity contribution < 1.29 is 14.4 Å². The Morgan fingerprint density at radius 1 is 1.08 bits per heavy atom. The molecule has 0 heterocycles. The number of anilines is 1. The van der Waals surface area contributed by atoms with E-state index in [1.807, 2.05) is 19.1 Å². The van der Waals surface area contributed by atoms with Crippen molar-refractivity contribution in [3.63, 3.8) is 0 Å². The SMILES string of the molecule is CC(=O)Nc1ccc(/C(C)=N/OCC(=O)NC2CCCCCC2)cc1. The summed E-state index contributed by atoms with van der Waals surface area (Å²) < 4.78 is 0. The lowest BCUT2D eigenvalue weighted by molar-refractivity contribution is -0.126. The van der Waals surface area contributed by atoms with E-state index in [0.717, 1.165) is 24.1 Å². The van der Waals surface area contributed by atoms with E-state index < -0.39 is 0 Å². The van der Waals surface area contributed by atoms with Crippen LogP contribution >= 0.6 is 0 Å². The molecule has 0 radical (unpaired) electrons. The molecule has 1 aromatic carbocycles. The predicted octanol–water partition coefficient (Wildman–Crippen LogP) is 3.22. The van der Waals surface area contributed by atoms with Crippen molar-refractivity contribution in [1.29, 1.82) is 0 Å². The number of nitrogens with zero attached hydrogens (tertiary/aromatic N) is 1. The first-order valence-corrected chi connectivity index (χ1v) is 8.88. The van der Waals surface area contributed by atoms with Gasteiger partial charge in [-0.2, -0.15) is 0 Å². The molecule has 1 saturated carbocycles. The summed E-state index contributed by atoms with van der Waals surface area (Å²) in [6.45, 7) is 3.21. The highest BCUT2D eigenvalue weighted by molar-refractivity contribution is 5.99. The van der Waals surface area contributed by atoms with Crippen LogP contribution in [0.1, 0.15) is 57.9 Å². The lowest BCUT2D eigenvalue weighted by Gasteiger charge is -2.15. The Morgan fingerprint density at radius 3 is 2.32 bits per heavy atom. The summed E-state index contributed by atoms with van der Waals surface area (Å²) in [5.74, 6) is -0.231. The van der Waals surface area contributed by atoms with Crippen LogP contribution in [0.2, 0.25) is 0 Å². The monoisotopic (exact) mass is 345 g/mol. The Bertz CT molecular complexity index is 603. The van der Waals surface area contributed by atoms with Crippen LogP contribution < -0.4 is 10.6 Å². The highest BCUT2D eigenvalue weighted by Crippen LogP contribution is 2.17. The summed E-state index contributed by atoms with van der Waals surface area (Å²) in [5, 5.41) is 9.74. The fourth-order valence-corrected chi connectivity index (χ4v) is 2.93. The number of benzene rings is 1. The normalized spacial score (nSPS) is 16.0. The molecule has 0 atom stereocenters. The van der Waals surface area contributed by atoms with Gasteiger partial charge in [-0.25, -0.2) is 0 Å². The van der Waals surface area contributed by atoms with Crippen molar-refractivity contribution in [2.75, 3.05) is 11.9 Å². The largest absolute Gasteiger partial charge is 0.385 e. The molecular weight excluding hydrogens is 318 g/mol. The van der Waals surface area contributed by atoms with Gasteiger partial charge in [-0.15, -0.1) is 0 Å². The van der Waals surface area contributed by atoms with Crippen LogP contribution in [0.5, 0.6) is 0 Å². The summed E-state index contributed by atoms with van der Waals surface area (Å²) >= 11 is 0. The average molecular weight is 345 g/mol. The first-order valence-electron chi connectivity index (χ1n) is 8.88. The number of oxime groups is 1. The fourth-order valence-electron chi connectivity index (χ4n) is 2.93. The van der Waals surface area contributed by atoms with Crippen LogP contribution in [0.3, 0.4) is 0 Å².